The molecule has 0 aliphatic rings. The van der Waals surface area contributed by atoms with Crippen molar-refractivity contribution in [3.63, 3.8) is 0 Å². The molecule has 11 heteroatoms. The van der Waals surface area contributed by atoms with Crippen LogP contribution in [0.15, 0.2) is 59.8 Å². The van der Waals surface area contributed by atoms with Gasteiger partial charge in [0.1, 0.15) is 16.5 Å². The molecule has 2 N–H and O–H groups in total. The average Bonchev–Trinajstić information content (AvgIpc) is 3.12. The highest BCUT2D eigenvalue weighted by Gasteiger charge is 2.21. The Labute approximate surface area is 164 Å². The number of benzene rings is 2. The highest BCUT2D eigenvalue weighted by molar-refractivity contribution is 7.92. The number of para-hydroxylation sites is 2. The molecular weight excluding hydrogens is 402 g/mol. The van der Waals surface area contributed by atoms with Crippen LogP contribution in [0.2, 0.25) is 0 Å². The van der Waals surface area contributed by atoms with Crippen LogP contribution in [-0.4, -0.2) is 28.2 Å². The van der Waals surface area contributed by atoms with E-state index >= 15 is 0 Å². The second-order valence-electron chi connectivity index (χ2n) is 6.11. The van der Waals surface area contributed by atoms with Gasteiger partial charge >= 0.3 is 0 Å². The maximum Gasteiger partial charge on any atom is 0.266 e. The highest BCUT2D eigenvalue weighted by atomic mass is 32.2. The molecule has 0 saturated carbocycles. The molecule has 2 aromatic carbocycles. The van der Waals surface area contributed by atoms with Crippen LogP contribution in [0.25, 0.3) is 11.0 Å². The van der Waals surface area contributed by atoms with Gasteiger partial charge in [-0.05, 0) is 24.3 Å². The minimum absolute atomic E-state index is 0.0827. The van der Waals surface area contributed by atoms with Gasteiger partial charge in [-0.3, -0.25) is 9.40 Å². The largest absolute Gasteiger partial charge is 0.335 e. The number of aryl methyl sites for hydroxylation is 1. The van der Waals surface area contributed by atoms with Gasteiger partial charge < -0.3 is 5.32 Å². The summed E-state index contributed by atoms with van der Waals surface area (Å²) in [5, 5.41) is 6.46. The number of anilines is 3. The molecule has 8 nitrogen and oxygen atoms in total. The number of nitrogens with zero attached hydrogens (tertiary/aromatic N) is 4. The lowest BCUT2D eigenvalue weighted by Gasteiger charge is -2.13. The zero-order valence-corrected chi connectivity index (χ0v) is 15.8. The van der Waals surface area contributed by atoms with Gasteiger partial charge in [-0.25, -0.2) is 27.2 Å². The van der Waals surface area contributed by atoms with Crippen LogP contribution in [0.1, 0.15) is 0 Å². The first kappa shape index (κ1) is 18.7. The molecule has 0 amide bonds. The third-order valence-electron chi connectivity index (χ3n) is 3.97. The number of fused-ring (bicyclic) bond motifs is 1. The first-order valence-corrected chi connectivity index (χ1v) is 9.80. The maximum absolute atomic E-state index is 14.1. The van der Waals surface area contributed by atoms with Crippen LogP contribution < -0.4 is 10.0 Å². The molecule has 0 saturated heterocycles. The van der Waals surface area contributed by atoms with Gasteiger partial charge in [0.25, 0.3) is 10.0 Å². The number of nitrogens with one attached hydrogen (secondary N) is 2. The zero-order valence-electron chi connectivity index (χ0n) is 15.0. The normalized spacial score (nSPS) is 11.6. The van der Waals surface area contributed by atoms with Crippen LogP contribution >= 0.6 is 0 Å². The van der Waals surface area contributed by atoms with Crippen molar-refractivity contribution < 1.29 is 17.2 Å². The summed E-state index contributed by atoms with van der Waals surface area (Å²) in [6.45, 7) is 0. The van der Waals surface area contributed by atoms with E-state index in [1.165, 1.54) is 17.1 Å². The Hall–Kier alpha value is -3.60. The number of aromatic nitrogens is 4. The summed E-state index contributed by atoms with van der Waals surface area (Å²) in [6, 6.07) is 9.61. The minimum Gasteiger partial charge on any atom is -0.335 e. The second kappa shape index (κ2) is 7.09. The van der Waals surface area contributed by atoms with Gasteiger partial charge in [0, 0.05) is 19.3 Å². The Kier molecular flexibility index (Phi) is 4.59. The van der Waals surface area contributed by atoms with Crippen molar-refractivity contribution in [3.8, 4) is 0 Å². The van der Waals surface area contributed by atoms with E-state index < -0.39 is 21.7 Å². The third-order valence-corrected chi connectivity index (χ3v) is 5.27. The van der Waals surface area contributed by atoms with Crippen LogP contribution in [0.3, 0.4) is 0 Å². The van der Waals surface area contributed by atoms with Crippen LogP contribution in [0.5, 0.6) is 0 Å². The lowest BCUT2D eigenvalue weighted by Crippen LogP contribution is -2.15. The van der Waals surface area contributed by atoms with E-state index in [1.807, 2.05) is 0 Å². The lowest BCUT2D eigenvalue weighted by atomic mass is 10.3. The molecule has 148 valence electrons. The molecule has 29 heavy (non-hydrogen) atoms. The Bertz CT molecular complexity index is 1320. The van der Waals surface area contributed by atoms with Crippen molar-refractivity contribution in [2.75, 3.05) is 10.0 Å². The van der Waals surface area contributed by atoms with Crippen LogP contribution in [0, 0.1) is 11.6 Å². The summed E-state index contributed by atoms with van der Waals surface area (Å²) < 4.78 is 56.6. The van der Waals surface area contributed by atoms with E-state index in [9.17, 15) is 17.2 Å². The van der Waals surface area contributed by atoms with Gasteiger partial charge in [-0.2, -0.15) is 5.10 Å². The molecule has 0 radical (unpaired) electrons. The molecule has 0 spiro atoms. The fraction of sp³-hybridized carbons (Fsp3) is 0.0556. The van der Waals surface area contributed by atoms with E-state index in [0.717, 1.165) is 18.2 Å². The standard InChI is InChI=1S/C18H14F2N6O2S/c1-26-10-12(9-21-26)29(27,28)25-18-17(22-14-4-2-3-5-15(14)23-18)24-16-8-11(19)6-7-13(16)20/h2-10H,1H3,(H,22,24)(H,23,25). The molecule has 0 bridgehead atoms. The summed E-state index contributed by atoms with van der Waals surface area (Å²) in [4.78, 5) is 8.51. The second-order valence-corrected chi connectivity index (χ2v) is 7.80. The summed E-state index contributed by atoms with van der Waals surface area (Å²) in [6.07, 6.45) is 2.49. The number of hydrogen-bond acceptors (Lipinski definition) is 6. The van der Waals surface area contributed by atoms with Crippen LogP contribution in [-0.2, 0) is 17.1 Å². The molecule has 2 heterocycles. The Balaban J connectivity index is 1.81. The van der Waals surface area contributed by atoms with Crippen molar-refractivity contribution in [1.29, 1.82) is 0 Å². The van der Waals surface area contributed by atoms with Crippen molar-refractivity contribution in [2.24, 2.45) is 7.05 Å². The summed E-state index contributed by atoms with van der Waals surface area (Å²) >= 11 is 0. The summed E-state index contributed by atoms with van der Waals surface area (Å²) in [7, 11) is -2.46. The van der Waals surface area contributed by atoms with Gasteiger partial charge in [0.15, 0.2) is 11.6 Å². The first-order valence-electron chi connectivity index (χ1n) is 8.32. The topological polar surface area (TPSA) is 102 Å². The molecule has 0 unspecified atom stereocenters. The molecule has 2 aromatic heterocycles. The van der Waals surface area contributed by atoms with Crippen LogP contribution in [0.4, 0.5) is 26.1 Å². The summed E-state index contributed by atoms with van der Waals surface area (Å²) in [5.74, 6) is -1.65. The molecule has 4 aromatic rings. The predicted molar refractivity (Wildman–Crippen MR) is 103 cm³/mol. The molecule has 0 aliphatic heterocycles. The fourth-order valence-corrected chi connectivity index (χ4v) is 3.59. The fourth-order valence-electron chi connectivity index (χ4n) is 2.60. The minimum atomic E-state index is -4.04. The highest BCUT2D eigenvalue weighted by Crippen LogP contribution is 2.28. The SMILES string of the molecule is Cn1cc(S(=O)(=O)Nc2nc3ccccc3nc2Nc2cc(F)ccc2F)cn1. The van der Waals surface area contributed by atoms with Crippen molar-refractivity contribution in [1.82, 2.24) is 19.7 Å². The van der Waals surface area contributed by atoms with Crippen molar-refractivity contribution >= 4 is 38.4 Å². The molecule has 0 fully saturated rings. The van der Waals surface area contributed by atoms with E-state index in [0.29, 0.717) is 11.0 Å². The summed E-state index contributed by atoms with van der Waals surface area (Å²) in [5.41, 5.74) is 0.647. The first-order chi connectivity index (χ1) is 13.8. The predicted octanol–water partition coefficient (Wildman–Crippen LogP) is 3.19. The molecular formula is C18H14F2N6O2S. The number of hydrogen-bond donors (Lipinski definition) is 2. The van der Waals surface area contributed by atoms with Crippen molar-refractivity contribution in [2.45, 2.75) is 4.90 Å². The van der Waals surface area contributed by atoms with Gasteiger partial charge in [-0.15, -0.1) is 0 Å². The van der Waals surface area contributed by atoms with Gasteiger partial charge in [-0.1, -0.05) is 12.1 Å². The van der Waals surface area contributed by atoms with E-state index in [-0.39, 0.29) is 22.2 Å². The number of halogens is 2. The molecule has 4 rings (SSSR count). The quantitative estimate of drug-likeness (QED) is 0.518. The lowest BCUT2D eigenvalue weighted by molar-refractivity contribution is 0.600. The average molecular weight is 416 g/mol. The monoisotopic (exact) mass is 416 g/mol. The third kappa shape index (κ3) is 3.85. The van der Waals surface area contributed by atoms with E-state index in [1.54, 1.807) is 31.3 Å². The van der Waals surface area contributed by atoms with E-state index in [2.05, 4.69) is 25.1 Å². The zero-order chi connectivity index (χ0) is 20.6. The van der Waals surface area contributed by atoms with Gasteiger partial charge in [0.2, 0.25) is 0 Å². The molecule has 0 atom stereocenters. The Morgan fingerprint density at radius 2 is 1.69 bits per heavy atom. The Morgan fingerprint density at radius 3 is 2.34 bits per heavy atom. The number of sulfonamides is 1. The van der Waals surface area contributed by atoms with Crippen molar-refractivity contribution in [3.05, 3.63) is 66.5 Å². The Morgan fingerprint density at radius 1 is 1.00 bits per heavy atom. The molecule has 0 aliphatic carbocycles. The van der Waals surface area contributed by atoms with Gasteiger partial charge in [0.05, 0.1) is 22.9 Å². The maximum atomic E-state index is 14.1. The number of rotatable bonds is 5. The smallest absolute Gasteiger partial charge is 0.266 e. The van der Waals surface area contributed by atoms with E-state index in [4.69, 9.17) is 0 Å².